The van der Waals surface area contributed by atoms with Crippen molar-refractivity contribution >= 4 is 32.4 Å². The fraction of sp³-hybridized carbons (Fsp3) is 0.294. The van der Waals surface area contributed by atoms with Crippen LogP contribution in [0.25, 0.3) is 10.9 Å². The first-order chi connectivity index (χ1) is 12.6. The van der Waals surface area contributed by atoms with Crippen molar-refractivity contribution < 1.29 is 13.5 Å². The van der Waals surface area contributed by atoms with Gasteiger partial charge in [0.2, 0.25) is 0 Å². The molecule has 2 aromatic heterocycles. The van der Waals surface area contributed by atoms with Crippen LogP contribution in [-0.2, 0) is 15.6 Å². The van der Waals surface area contributed by atoms with E-state index >= 15 is 0 Å². The van der Waals surface area contributed by atoms with Crippen LogP contribution in [0.3, 0.4) is 0 Å². The zero-order chi connectivity index (χ0) is 20.0. The molecule has 10 heteroatoms. The molecular weight excluding hydrogens is 368 g/mol. The maximum atomic E-state index is 12.9. The Bertz CT molecular complexity index is 1170. The van der Waals surface area contributed by atoms with Crippen LogP contribution in [0.1, 0.15) is 25.0 Å². The molecule has 2 heterocycles. The van der Waals surface area contributed by atoms with Crippen molar-refractivity contribution in [2.75, 3.05) is 17.1 Å². The van der Waals surface area contributed by atoms with Gasteiger partial charge < -0.3 is 15.8 Å². The largest absolute Gasteiger partial charge is 0.394 e. The maximum absolute atomic E-state index is 12.9. The monoisotopic (exact) mass is 388 g/mol. The Balaban J connectivity index is 2.07. The molecule has 0 atom stereocenters. The first-order valence-corrected chi connectivity index (χ1v) is 9.59. The third-order valence-electron chi connectivity index (χ3n) is 4.43. The number of benzene rings is 1. The average Bonchev–Trinajstić information content (AvgIpc) is 3.22. The molecule has 1 aromatic carbocycles. The van der Waals surface area contributed by atoms with Crippen LogP contribution in [0.5, 0.6) is 0 Å². The number of hydrogen-bond donors (Lipinski definition) is 4. The lowest BCUT2D eigenvalue weighted by molar-refractivity contribution is 0.154. The van der Waals surface area contributed by atoms with Crippen LogP contribution in [-0.4, -0.2) is 34.9 Å². The number of nitrogens with zero attached hydrogens (tertiary/aromatic N) is 3. The Morgan fingerprint density at radius 2 is 2.15 bits per heavy atom. The number of nitrogens with two attached hydrogens (primary N) is 1. The van der Waals surface area contributed by atoms with E-state index in [1.807, 2.05) is 6.92 Å². The number of aliphatic hydroxyl groups excluding tert-OH is 1. The van der Waals surface area contributed by atoms with Crippen LogP contribution in [0.2, 0.25) is 0 Å². The van der Waals surface area contributed by atoms with Gasteiger partial charge >= 0.3 is 0 Å². The quantitative estimate of drug-likeness (QED) is 0.522. The first-order valence-electron chi connectivity index (χ1n) is 8.11. The Labute approximate surface area is 156 Å². The number of H-pyrrole nitrogens is 1. The van der Waals surface area contributed by atoms with Crippen molar-refractivity contribution in [1.82, 2.24) is 14.8 Å². The molecule has 27 heavy (non-hydrogen) atoms. The number of aromatic amines is 1. The summed E-state index contributed by atoms with van der Waals surface area (Å²) in [7, 11) is -4.04. The molecule has 0 amide bonds. The summed E-state index contributed by atoms with van der Waals surface area (Å²) < 4.78 is 29.5. The highest BCUT2D eigenvalue weighted by Crippen LogP contribution is 2.31. The van der Waals surface area contributed by atoms with E-state index in [1.165, 1.54) is 10.9 Å². The predicted molar refractivity (Wildman–Crippen MR) is 102 cm³/mol. The molecular formula is C17H20N6O3S. The smallest absolute Gasteiger partial charge is 0.267 e. The normalized spacial score (nSPS) is 12.3. The number of rotatable bonds is 5. The molecule has 0 aliphatic carbocycles. The number of fused-ring (bicyclic) bond motifs is 1. The predicted octanol–water partition coefficient (Wildman–Crippen LogP) is 1.65. The van der Waals surface area contributed by atoms with Crippen molar-refractivity contribution in [2.45, 2.75) is 31.2 Å². The van der Waals surface area contributed by atoms with E-state index in [0.29, 0.717) is 22.2 Å². The first kappa shape index (κ1) is 18.8. The summed E-state index contributed by atoms with van der Waals surface area (Å²) in [5, 5.41) is 23.4. The van der Waals surface area contributed by atoms with Crippen molar-refractivity contribution in [2.24, 2.45) is 0 Å². The third kappa shape index (κ3) is 3.01. The summed E-state index contributed by atoms with van der Waals surface area (Å²) in [6, 6.07) is 5.43. The van der Waals surface area contributed by atoms with E-state index in [4.69, 9.17) is 5.73 Å². The lowest BCUT2D eigenvalue weighted by Gasteiger charge is -2.23. The molecule has 0 fully saturated rings. The van der Waals surface area contributed by atoms with E-state index in [9.17, 15) is 18.8 Å². The molecule has 0 aliphatic rings. The van der Waals surface area contributed by atoms with Crippen molar-refractivity contribution in [1.29, 1.82) is 5.26 Å². The lowest BCUT2D eigenvalue weighted by atomic mass is 10.1. The number of aromatic nitrogens is 3. The second kappa shape index (κ2) is 6.29. The molecule has 0 bridgehead atoms. The summed E-state index contributed by atoms with van der Waals surface area (Å²) in [5.74, 6) is -0.0749. The number of hydrogen-bond acceptors (Lipinski definition) is 6. The molecule has 0 radical (unpaired) electrons. The minimum absolute atomic E-state index is 0.0749. The minimum Gasteiger partial charge on any atom is -0.394 e. The number of sulfonamides is 1. The molecule has 0 aliphatic heterocycles. The standard InChI is InChI=1S/C17H20N6O3S/c1-10-4-5-12(15-14(10)11(6-18)7-20-15)22-27(25,26)13-8-21-23(16(13)19)17(2,3)9-24/h4-5,7-8,20,22,24H,9,19H2,1-3H3. The summed E-state index contributed by atoms with van der Waals surface area (Å²) >= 11 is 0. The van der Waals surface area contributed by atoms with Gasteiger partial charge in [-0.3, -0.25) is 4.72 Å². The number of aryl methyl sites for hydroxylation is 1. The molecule has 5 N–H and O–H groups in total. The van der Waals surface area contributed by atoms with Crippen molar-refractivity contribution in [3.8, 4) is 6.07 Å². The summed E-state index contributed by atoms with van der Waals surface area (Å²) in [6.07, 6.45) is 2.68. The molecule has 9 nitrogen and oxygen atoms in total. The highest BCUT2D eigenvalue weighted by molar-refractivity contribution is 7.92. The van der Waals surface area contributed by atoms with Crippen LogP contribution in [0.4, 0.5) is 11.5 Å². The van der Waals surface area contributed by atoms with Crippen molar-refractivity contribution in [3.05, 3.63) is 35.7 Å². The Morgan fingerprint density at radius 1 is 1.44 bits per heavy atom. The highest BCUT2D eigenvalue weighted by Gasteiger charge is 2.29. The molecule has 0 saturated heterocycles. The van der Waals surface area contributed by atoms with Gasteiger partial charge in [0.25, 0.3) is 10.0 Å². The molecule has 0 unspecified atom stereocenters. The van der Waals surface area contributed by atoms with E-state index in [-0.39, 0.29) is 17.3 Å². The van der Waals surface area contributed by atoms with Gasteiger partial charge in [0.1, 0.15) is 16.8 Å². The van der Waals surface area contributed by atoms with Crippen LogP contribution < -0.4 is 10.5 Å². The number of nitrogens with one attached hydrogen (secondary N) is 2. The van der Waals surface area contributed by atoms with Gasteiger partial charge in [0.05, 0.1) is 35.1 Å². The second-order valence-corrected chi connectivity index (χ2v) is 8.53. The Kier molecular flexibility index (Phi) is 4.37. The van der Waals surface area contributed by atoms with Gasteiger partial charge in [-0.15, -0.1) is 0 Å². The lowest BCUT2D eigenvalue weighted by Crippen LogP contribution is -2.32. The van der Waals surface area contributed by atoms with Crippen LogP contribution >= 0.6 is 0 Å². The zero-order valence-electron chi connectivity index (χ0n) is 15.1. The van der Waals surface area contributed by atoms with E-state index in [1.54, 1.807) is 26.0 Å². The van der Waals surface area contributed by atoms with E-state index in [2.05, 4.69) is 20.9 Å². The highest BCUT2D eigenvalue weighted by atomic mass is 32.2. The number of nitrogen functional groups attached to an aromatic ring is 1. The van der Waals surface area contributed by atoms with E-state index in [0.717, 1.165) is 11.8 Å². The number of anilines is 2. The SMILES string of the molecule is Cc1ccc(NS(=O)(=O)c2cnn(C(C)(C)CO)c2N)c2[nH]cc(C#N)c12. The average molecular weight is 388 g/mol. The van der Waals surface area contributed by atoms with E-state index < -0.39 is 15.6 Å². The number of aliphatic hydroxyl groups is 1. The maximum Gasteiger partial charge on any atom is 0.267 e. The van der Waals surface area contributed by atoms with Gasteiger partial charge in [-0.2, -0.15) is 10.4 Å². The molecule has 3 rings (SSSR count). The van der Waals surface area contributed by atoms with Gasteiger partial charge in [-0.1, -0.05) is 6.07 Å². The Morgan fingerprint density at radius 3 is 2.78 bits per heavy atom. The fourth-order valence-corrected chi connectivity index (χ4v) is 4.01. The molecule has 142 valence electrons. The number of nitriles is 1. The summed E-state index contributed by atoms with van der Waals surface area (Å²) in [4.78, 5) is 2.75. The summed E-state index contributed by atoms with van der Waals surface area (Å²) in [5.41, 5.74) is 7.22. The molecule has 0 spiro atoms. The van der Waals surface area contributed by atoms with Crippen LogP contribution in [0.15, 0.2) is 29.4 Å². The fourth-order valence-electron chi connectivity index (χ4n) is 2.89. The third-order valence-corrected chi connectivity index (χ3v) is 5.81. The topological polar surface area (TPSA) is 150 Å². The zero-order valence-corrected chi connectivity index (χ0v) is 15.9. The Hall–Kier alpha value is -3.03. The summed E-state index contributed by atoms with van der Waals surface area (Å²) in [6.45, 7) is 4.95. The van der Waals surface area contributed by atoms with Gasteiger partial charge in [-0.05, 0) is 32.4 Å². The second-order valence-electron chi connectivity index (χ2n) is 6.88. The van der Waals surface area contributed by atoms with Crippen molar-refractivity contribution in [3.63, 3.8) is 0 Å². The minimum atomic E-state index is -4.04. The van der Waals surface area contributed by atoms with Gasteiger partial charge in [-0.25, -0.2) is 13.1 Å². The molecule has 0 saturated carbocycles. The molecule has 3 aromatic rings. The van der Waals surface area contributed by atoms with Gasteiger partial charge in [0.15, 0.2) is 0 Å². The van der Waals surface area contributed by atoms with Crippen LogP contribution in [0, 0.1) is 18.3 Å². The van der Waals surface area contributed by atoms with Gasteiger partial charge in [0, 0.05) is 11.6 Å².